The molecule has 0 unspecified atom stereocenters. The van der Waals surface area contributed by atoms with E-state index in [1.165, 1.54) is 55.6 Å². The molecule has 11 nitrogen and oxygen atoms in total. The Labute approximate surface area is 232 Å². The second kappa shape index (κ2) is 12.0. The maximum Gasteiger partial charge on any atom is 0.338 e. The smallest absolute Gasteiger partial charge is 0.338 e. The Bertz CT molecular complexity index is 1530. The molecule has 4 rings (SSSR count). The minimum absolute atomic E-state index is 0.0449. The van der Waals surface area contributed by atoms with Crippen molar-refractivity contribution in [3.63, 3.8) is 0 Å². The maximum atomic E-state index is 13.2. The lowest BCUT2D eigenvalue weighted by atomic mass is 10.1. The van der Waals surface area contributed by atoms with E-state index in [2.05, 4.69) is 0 Å². The van der Waals surface area contributed by atoms with E-state index in [0.717, 1.165) is 11.1 Å². The van der Waals surface area contributed by atoms with Crippen LogP contribution in [-0.2, 0) is 38.1 Å². The van der Waals surface area contributed by atoms with Gasteiger partial charge < -0.3 is 19.3 Å². The lowest BCUT2D eigenvalue weighted by Crippen LogP contribution is -2.57. The summed E-state index contributed by atoms with van der Waals surface area (Å²) in [7, 11) is -7.56. The first-order valence-electron chi connectivity index (χ1n) is 12.0. The van der Waals surface area contributed by atoms with Crippen molar-refractivity contribution in [1.82, 2.24) is 0 Å². The normalized spacial score (nSPS) is 21.5. The molecule has 0 aromatic heterocycles. The third-order valence-corrected chi connectivity index (χ3v) is 8.75. The lowest BCUT2D eigenvalue weighted by molar-refractivity contribution is -0.241. The van der Waals surface area contributed by atoms with Crippen LogP contribution in [0.15, 0.2) is 82.6 Å². The minimum atomic E-state index is -4.55. The first-order valence-corrected chi connectivity index (χ1v) is 14.9. The van der Waals surface area contributed by atoms with Gasteiger partial charge in [0.25, 0.3) is 20.2 Å². The number of hydrogen-bond acceptors (Lipinski definition) is 11. The van der Waals surface area contributed by atoms with Gasteiger partial charge in [-0.05, 0) is 62.4 Å². The van der Waals surface area contributed by atoms with E-state index in [-0.39, 0.29) is 15.4 Å². The SMILES string of the molecule is COc1ccc(C(=O)O[C@@H]2[C@H](OS(=O)(=O)c3ccc(C)cc3)[C@H](OS(=O)(=O)c3ccc(C)cc3)CO[C@@H]2O)cc1. The van der Waals surface area contributed by atoms with Crippen LogP contribution in [0, 0.1) is 13.8 Å². The average molecular weight is 593 g/mol. The molecule has 214 valence electrons. The minimum Gasteiger partial charge on any atom is -0.497 e. The molecule has 1 saturated heterocycles. The fraction of sp³-hybridized carbons (Fsp3) is 0.296. The number of hydrogen-bond donors (Lipinski definition) is 1. The summed E-state index contributed by atoms with van der Waals surface area (Å²) in [6.45, 7) is 2.95. The van der Waals surface area contributed by atoms with E-state index in [0.29, 0.717) is 5.75 Å². The number of benzene rings is 3. The van der Waals surface area contributed by atoms with Gasteiger partial charge in [-0.15, -0.1) is 0 Å². The van der Waals surface area contributed by atoms with Gasteiger partial charge in [0, 0.05) is 0 Å². The summed E-state index contributed by atoms with van der Waals surface area (Å²) in [5.74, 6) is -0.489. The number of aliphatic hydroxyl groups excluding tert-OH is 1. The second-order valence-electron chi connectivity index (χ2n) is 9.05. The van der Waals surface area contributed by atoms with Gasteiger partial charge in [0.05, 0.1) is 29.1 Å². The third-order valence-electron chi connectivity index (χ3n) is 6.08. The standard InChI is InChI=1S/C27H28O11S2/c1-17-4-12-21(13-5-17)39(30,31)37-23-16-35-27(29)25(36-26(28)19-8-10-20(34-3)11-9-19)24(23)38-40(32,33)22-14-6-18(2)7-15-22/h4-15,23-25,27,29H,16H2,1-3H3/t23-,24-,25-,27+/m1/s1. The van der Waals surface area contributed by atoms with Crippen molar-refractivity contribution < 1.29 is 49.3 Å². The van der Waals surface area contributed by atoms with Gasteiger partial charge in [-0.2, -0.15) is 16.8 Å². The molecule has 40 heavy (non-hydrogen) atoms. The number of aryl methyl sites for hydroxylation is 2. The lowest BCUT2D eigenvalue weighted by Gasteiger charge is -2.38. The Kier molecular flexibility index (Phi) is 8.93. The zero-order valence-electron chi connectivity index (χ0n) is 21.8. The molecule has 0 amide bonds. The monoisotopic (exact) mass is 592 g/mol. The Morgan fingerprint density at radius 3 is 1.77 bits per heavy atom. The van der Waals surface area contributed by atoms with Crippen LogP contribution in [0.5, 0.6) is 5.75 Å². The quantitative estimate of drug-likeness (QED) is 0.288. The van der Waals surface area contributed by atoms with E-state index < -0.39 is 57.4 Å². The van der Waals surface area contributed by atoms with E-state index in [1.807, 2.05) is 0 Å². The van der Waals surface area contributed by atoms with E-state index in [9.17, 15) is 26.7 Å². The van der Waals surface area contributed by atoms with Crippen molar-refractivity contribution in [2.45, 2.75) is 48.2 Å². The first-order chi connectivity index (χ1) is 18.9. The summed E-state index contributed by atoms with van der Waals surface area (Å²) >= 11 is 0. The molecule has 1 N–H and O–H groups in total. The predicted molar refractivity (Wildman–Crippen MR) is 141 cm³/mol. The Hall–Kier alpha value is -3.33. The molecule has 13 heteroatoms. The van der Waals surface area contributed by atoms with Crippen LogP contribution < -0.4 is 4.74 Å². The summed E-state index contributed by atoms with van der Waals surface area (Å²) < 4.78 is 79.0. The third kappa shape index (κ3) is 6.86. The van der Waals surface area contributed by atoms with Crippen LogP contribution >= 0.6 is 0 Å². The van der Waals surface area contributed by atoms with Crippen molar-refractivity contribution in [2.75, 3.05) is 13.7 Å². The fourth-order valence-corrected chi connectivity index (χ4v) is 6.01. The number of aliphatic hydroxyl groups is 1. The Morgan fingerprint density at radius 1 is 0.775 bits per heavy atom. The van der Waals surface area contributed by atoms with Crippen molar-refractivity contribution >= 4 is 26.2 Å². The number of ether oxygens (including phenoxy) is 3. The molecule has 4 atom stereocenters. The molecule has 1 fully saturated rings. The highest BCUT2D eigenvalue weighted by atomic mass is 32.2. The molecule has 1 aliphatic heterocycles. The zero-order valence-corrected chi connectivity index (χ0v) is 23.4. The van der Waals surface area contributed by atoms with E-state index in [4.69, 9.17) is 22.6 Å². The number of rotatable bonds is 9. The van der Waals surface area contributed by atoms with Crippen molar-refractivity contribution in [2.24, 2.45) is 0 Å². The molecular weight excluding hydrogens is 564 g/mol. The molecule has 0 bridgehead atoms. The van der Waals surface area contributed by atoms with Gasteiger partial charge in [-0.3, -0.25) is 8.37 Å². The van der Waals surface area contributed by atoms with Gasteiger partial charge in [0.1, 0.15) is 18.0 Å². The number of methoxy groups -OCH3 is 1. The summed E-state index contributed by atoms with van der Waals surface area (Å²) in [5, 5.41) is 10.6. The largest absolute Gasteiger partial charge is 0.497 e. The van der Waals surface area contributed by atoms with Crippen LogP contribution in [0.2, 0.25) is 0 Å². The van der Waals surface area contributed by atoms with Gasteiger partial charge in [-0.25, -0.2) is 4.79 Å². The second-order valence-corrected chi connectivity index (χ2v) is 12.2. The number of carbonyl (C=O) groups excluding carboxylic acids is 1. The van der Waals surface area contributed by atoms with Gasteiger partial charge in [-0.1, -0.05) is 35.4 Å². The molecule has 0 radical (unpaired) electrons. The van der Waals surface area contributed by atoms with Gasteiger partial charge >= 0.3 is 5.97 Å². The van der Waals surface area contributed by atoms with E-state index in [1.54, 1.807) is 38.1 Å². The molecule has 0 aliphatic carbocycles. The van der Waals surface area contributed by atoms with Crippen molar-refractivity contribution in [3.8, 4) is 5.75 Å². The molecule has 0 saturated carbocycles. The Balaban J connectivity index is 1.68. The highest BCUT2D eigenvalue weighted by Gasteiger charge is 2.48. The molecule has 1 heterocycles. The fourth-order valence-electron chi connectivity index (χ4n) is 3.83. The van der Waals surface area contributed by atoms with Crippen molar-refractivity contribution in [1.29, 1.82) is 0 Å². The molecule has 0 spiro atoms. The topological polar surface area (TPSA) is 152 Å². The van der Waals surface area contributed by atoms with Crippen LogP contribution in [0.25, 0.3) is 0 Å². The molecule has 3 aromatic rings. The van der Waals surface area contributed by atoms with Crippen LogP contribution in [0.1, 0.15) is 21.5 Å². The van der Waals surface area contributed by atoms with Gasteiger partial charge in [0.2, 0.25) is 0 Å². The summed E-state index contributed by atoms with van der Waals surface area (Å²) in [5.41, 5.74) is 1.64. The van der Waals surface area contributed by atoms with Crippen LogP contribution in [-0.4, -0.2) is 66.2 Å². The maximum absolute atomic E-state index is 13.2. The predicted octanol–water partition coefficient (Wildman–Crippen LogP) is 2.73. The van der Waals surface area contributed by atoms with Crippen LogP contribution in [0.4, 0.5) is 0 Å². The van der Waals surface area contributed by atoms with Crippen LogP contribution in [0.3, 0.4) is 0 Å². The molecule has 1 aliphatic rings. The summed E-state index contributed by atoms with van der Waals surface area (Å²) in [6.07, 6.45) is -7.08. The average Bonchev–Trinajstić information content (AvgIpc) is 2.92. The highest BCUT2D eigenvalue weighted by Crippen LogP contribution is 2.30. The number of esters is 1. The molecule has 3 aromatic carbocycles. The summed E-state index contributed by atoms with van der Waals surface area (Å²) in [6, 6.07) is 17.3. The molecular formula is C27H28O11S2. The highest BCUT2D eigenvalue weighted by molar-refractivity contribution is 7.87. The first kappa shape index (κ1) is 29.6. The Morgan fingerprint density at radius 2 is 1.27 bits per heavy atom. The summed E-state index contributed by atoms with van der Waals surface area (Å²) in [4.78, 5) is 12.5. The van der Waals surface area contributed by atoms with E-state index >= 15 is 0 Å². The number of carbonyl (C=O) groups is 1. The van der Waals surface area contributed by atoms with Gasteiger partial charge in [0.15, 0.2) is 12.4 Å². The zero-order chi connectivity index (χ0) is 29.1. The van der Waals surface area contributed by atoms with Crippen molar-refractivity contribution in [3.05, 3.63) is 89.5 Å².